The van der Waals surface area contributed by atoms with E-state index < -0.39 is 0 Å². The molecule has 1 aromatic rings. The first-order valence-corrected chi connectivity index (χ1v) is 5.55. The van der Waals surface area contributed by atoms with Crippen LogP contribution in [0.3, 0.4) is 0 Å². The molecule has 3 rings (SSSR count). The van der Waals surface area contributed by atoms with Crippen molar-refractivity contribution in [3.8, 4) is 0 Å². The second kappa shape index (κ2) is 3.20. The molecule has 0 atom stereocenters. The SMILES string of the molecule is Fc1cccc2c1C1(CCNCC1)CN2. The maximum atomic E-state index is 13.9. The second-order valence-corrected chi connectivity index (χ2v) is 4.55. The van der Waals surface area contributed by atoms with Crippen molar-refractivity contribution in [1.29, 1.82) is 0 Å². The molecular formula is C12H15FN2. The Morgan fingerprint density at radius 3 is 2.80 bits per heavy atom. The minimum Gasteiger partial charge on any atom is -0.384 e. The summed E-state index contributed by atoms with van der Waals surface area (Å²) in [5, 5.41) is 6.67. The molecule has 15 heavy (non-hydrogen) atoms. The summed E-state index contributed by atoms with van der Waals surface area (Å²) in [5.41, 5.74) is 1.97. The average molecular weight is 206 g/mol. The second-order valence-electron chi connectivity index (χ2n) is 4.55. The van der Waals surface area contributed by atoms with Crippen LogP contribution in [-0.2, 0) is 5.41 Å². The molecule has 0 aliphatic carbocycles. The Morgan fingerprint density at radius 1 is 1.20 bits per heavy atom. The Morgan fingerprint density at radius 2 is 2.00 bits per heavy atom. The summed E-state index contributed by atoms with van der Waals surface area (Å²) in [6, 6.07) is 5.34. The lowest BCUT2D eigenvalue weighted by molar-refractivity contribution is 0.325. The van der Waals surface area contributed by atoms with Crippen LogP contribution in [0.2, 0.25) is 0 Å². The summed E-state index contributed by atoms with van der Waals surface area (Å²) in [6.07, 6.45) is 2.07. The zero-order valence-corrected chi connectivity index (χ0v) is 8.65. The van der Waals surface area contributed by atoms with Gasteiger partial charge in [0, 0.05) is 23.2 Å². The van der Waals surface area contributed by atoms with Gasteiger partial charge in [0.25, 0.3) is 0 Å². The van der Waals surface area contributed by atoms with E-state index in [9.17, 15) is 4.39 Å². The van der Waals surface area contributed by atoms with Crippen LogP contribution in [0, 0.1) is 5.82 Å². The molecule has 0 saturated carbocycles. The number of benzene rings is 1. The van der Waals surface area contributed by atoms with Gasteiger partial charge in [-0.1, -0.05) is 6.07 Å². The van der Waals surface area contributed by atoms with Crippen molar-refractivity contribution in [2.75, 3.05) is 25.0 Å². The molecule has 2 nitrogen and oxygen atoms in total. The summed E-state index contributed by atoms with van der Waals surface area (Å²) < 4.78 is 13.9. The number of nitrogens with one attached hydrogen (secondary N) is 2. The number of halogens is 1. The molecule has 1 spiro atoms. The third kappa shape index (κ3) is 1.26. The number of hydrogen-bond donors (Lipinski definition) is 2. The smallest absolute Gasteiger partial charge is 0.129 e. The third-order valence-corrected chi connectivity index (χ3v) is 3.72. The largest absolute Gasteiger partial charge is 0.384 e. The highest BCUT2D eigenvalue weighted by molar-refractivity contribution is 5.61. The molecule has 1 fully saturated rings. The van der Waals surface area contributed by atoms with Crippen LogP contribution in [-0.4, -0.2) is 19.6 Å². The van der Waals surface area contributed by atoms with E-state index in [4.69, 9.17) is 0 Å². The predicted molar refractivity (Wildman–Crippen MR) is 58.7 cm³/mol. The van der Waals surface area contributed by atoms with Gasteiger partial charge in [0.15, 0.2) is 0 Å². The average Bonchev–Trinajstić information content (AvgIpc) is 2.60. The predicted octanol–water partition coefficient (Wildman–Crippen LogP) is 1.87. The Kier molecular flexibility index (Phi) is 1.96. The van der Waals surface area contributed by atoms with Gasteiger partial charge in [0.2, 0.25) is 0 Å². The van der Waals surface area contributed by atoms with E-state index in [0.29, 0.717) is 0 Å². The van der Waals surface area contributed by atoms with Crippen LogP contribution in [0.1, 0.15) is 18.4 Å². The van der Waals surface area contributed by atoms with Crippen molar-refractivity contribution in [2.24, 2.45) is 0 Å². The molecule has 0 amide bonds. The van der Waals surface area contributed by atoms with Crippen molar-refractivity contribution >= 4 is 5.69 Å². The van der Waals surface area contributed by atoms with E-state index in [1.807, 2.05) is 6.07 Å². The van der Waals surface area contributed by atoms with Crippen LogP contribution in [0.15, 0.2) is 18.2 Å². The van der Waals surface area contributed by atoms with Gasteiger partial charge in [-0.25, -0.2) is 4.39 Å². The maximum Gasteiger partial charge on any atom is 0.129 e. The lowest BCUT2D eigenvalue weighted by Crippen LogP contribution is -2.41. The summed E-state index contributed by atoms with van der Waals surface area (Å²) in [7, 11) is 0. The van der Waals surface area contributed by atoms with Crippen molar-refractivity contribution in [2.45, 2.75) is 18.3 Å². The molecule has 2 aliphatic heterocycles. The first kappa shape index (κ1) is 9.16. The van der Waals surface area contributed by atoms with Crippen LogP contribution in [0.4, 0.5) is 10.1 Å². The van der Waals surface area contributed by atoms with Gasteiger partial charge in [-0.15, -0.1) is 0 Å². The monoisotopic (exact) mass is 206 g/mol. The van der Waals surface area contributed by atoms with Crippen LogP contribution in [0.5, 0.6) is 0 Å². The van der Waals surface area contributed by atoms with Gasteiger partial charge in [-0.05, 0) is 38.1 Å². The van der Waals surface area contributed by atoms with Crippen molar-refractivity contribution in [1.82, 2.24) is 5.32 Å². The lowest BCUT2D eigenvalue weighted by Gasteiger charge is -2.33. The number of fused-ring (bicyclic) bond motifs is 2. The fraction of sp³-hybridized carbons (Fsp3) is 0.500. The van der Waals surface area contributed by atoms with Crippen molar-refractivity contribution < 1.29 is 4.39 Å². The van der Waals surface area contributed by atoms with Crippen molar-refractivity contribution in [3.05, 3.63) is 29.6 Å². The zero-order valence-electron chi connectivity index (χ0n) is 8.65. The maximum absolute atomic E-state index is 13.9. The lowest BCUT2D eigenvalue weighted by atomic mass is 9.74. The van der Waals surface area contributed by atoms with E-state index in [0.717, 1.165) is 43.7 Å². The normalized spacial score (nSPS) is 22.5. The van der Waals surface area contributed by atoms with Crippen LogP contribution in [0.25, 0.3) is 0 Å². The number of anilines is 1. The summed E-state index contributed by atoms with van der Waals surface area (Å²) in [5.74, 6) is -0.0422. The summed E-state index contributed by atoms with van der Waals surface area (Å²) in [6.45, 7) is 2.88. The zero-order chi connectivity index (χ0) is 10.3. The van der Waals surface area contributed by atoms with Gasteiger partial charge >= 0.3 is 0 Å². The minimum atomic E-state index is -0.0422. The number of rotatable bonds is 0. The van der Waals surface area contributed by atoms with E-state index in [2.05, 4.69) is 10.6 Å². The molecule has 0 radical (unpaired) electrons. The molecule has 2 N–H and O–H groups in total. The van der Waals surface area contributed by atoms with Gasteiger partial charge in [-0.2, -0.15) is 0 Å². The van der Waals surface area contributed by atoms with Crippen LogP contribution < -0.4 is 10.6 Å². The summed E-state index contributed by atoms with van der Waals surface area (Å²) in [4.78, 5) is 0. The number of hydrogen-bond acceptors (Lipinski definition) is 2. The van der Waals surface area contributed by atoms with E-state index in [1.54, 1.807) is 12.1 Å². The molecular weight excluding hydrogens is 191 g/mol. The highest BCUT2D eigenvalue weighted by Gasteiger charge is 2.41. The molecule has 1 saturated heterocycles. The van der Waals surface area contributed by atoms with Crippen LogP contribution >= 0.6 is 0 Å². The molecule has 0 aromatic heterocycles. The standard InChI is InChI=1S/C12H15FN2/c13-9-2-1-3-10-11(9)12(8-15-10)4-6-14-7-5-12/h1-3,14-15H,4-8H2. The first-order chi connectivity index (χ1) is 7.32. The molecule has 2 aliphatic rings. The fourth-order valence-corrected chi connectivity index (χ4v) is 2.90. The minimum absolute atomic E-state index is 0.0422. The summed E-state index contributed by atoms with van der Waals surface area (Å²) >= 11 is 0. The van der Waals surface area contributed by atoms with E-state index in [-0.39, 0.29) is 11.2 Å². The fourth-order valence-electron chi connectivity index (χ4n) is 2.90. The van der Waals surface area contributed by atoms with Gasteiger partial charge < -0.3 is 10.6 Å². The van der Waals surface area contributed by atoms with E-state index in [1.165, 1.54) is 0 Å². The molecule has 2 heterocycles. The van der Waals surface area contributed by atoms with Crippen molar-refractivity contribution in [3.63, 3.8) is 0 Å². The number of piperidine rings is 1. The Labute approximate surface area is 88.9 Å². The highest BCUT2D eigenvalue weighted by Crippen LogP contribution is 2.43. The molecule has 0 unspecified atom stereocenters. The Hall–Kier alpha value is -1.09. The van der Waals surface area contributed by atoms with Gasteiger partial charge in [-0.3, -0.25) is 0 Å². The topological polar surface area (TPSA) is 24.1 Å². The third-order valence-electron chi connectivity index (χ3n) is 3.72. The van der Waals surface area contributed by atoms with E-state index >= 15 is 0 Å². The quantitative estimate of drug-likeness (QED) is 0.677. The highest BCUT2D eigenvalue weighted by atomic mass is 19.1. The molecule has 80 valence electrons. The first-order valence-electron chi connectivity index (χ1n) is 5.55. The van der Waals surface area contributed by atoms with Gasteiger partial charge in [0.05, 0.1) is 0 Å². The Bertz CT molecular complexity index is 378. The molecule has 1 aromatic carbocycles. The molecule has 3 heteroatoms. The molecule has 0 bridgehead atoms. The van der Waals surface area contributed by atoms with Gasteiger partial charge in [0.1, 0.15) is 5.82 Å². The Balaban J connectivity index is 2.09.